The molecule has 2 aromatic heterocycles. The van der Waals surface area contributed by atoms with Gasteiger partial charge in [0.1, 0.15) is 29.8 Å². The monoisotopic (exact) mass is 1040 g/mol. The quantitative estimate of drug-likeness (QED) is 0.0429. The Morgan fingerprint density at radius 1 is 0.986 bits per heavy atom. The number of hydrogen-bond donors (Lipinski definition) is 3. The summed E-state index contributed by atoms with van der Waals surface area (Å²) in [6.07, 6.45) is -1.90. The van der Waals surface area contributed by atoms with Crippen LogP contribution in [-0.2, 0) is 41.4 Å². The molecule has 4 amide bonds. The van der Waals surface area contributed by atoms with Crippen LogP contribution in [-0.4, -0.2) is 112 Å². The Hall–Kier alpha value is -6.12. The van der Waals surface area contributed by atoms with E-state index in [1.165, 1.54) is 35.9 Å². The number of carbonyl (C=O) groups is 4. The first-order valence-electron chi connectivity index (χ1n) is 23.3. The van der Waals surface area contributed by atoms with Gasteiger partial charge in [-0.2, -0.15) is 18.4 Å². The minimum absolute atomic E-state index is 0.0404. The van der Waals surface area contributed by atoms with E-state index in [2.05, 4.69) is 20.6 Å². The topological polar surface area (TPSA) is 200 Å². The number of thiazole rings is 1. The van der Waals surface area contributed by atoms with Crippen molar-refractivity contribution in [1.82, 2.24) is 25.5 Å². The Bertz CT molecular complexity index is 2640. The Balaban J connectivity index is 0.857. The Kier molecular flexibility index (Phi) is 18.1. The molecule has 0 unspecified atom stereocenters. The van der Waals surface area contributed by atoms with Gasteiger partial charge >= 0.3 is 6.18 Å². The SMILES string of the molecule is Cc1ncsc1-c1ccc(CNC(=O)[C@@H]2C[C@@H](O)CN2C(=O)[C@@H](NC(=O)COCCCOCCCCCOc2ccc(N3C(=S)N(c4ccc(C#N)c(C(F)(F)F)c4F)C(=O)C3(C)C)cn2)C(C)(C)C)cc1. The number of aryl methyl sites for hydroxylation is 1. The van der Waals surface area contributed by atoms with Gasteiger partial charge in [-0.25, -0.2) is 14.4 Å². The molecule has 0 aliphatic carbocycles. The molecule has 386 valence electrons. The van der Waals surface area contributed by atoms with Crippen LogP contribution in [0.25, 0.3) is 10.4 Å². The average molecular weight is 1040 g/mol. The maximum Gasteiger partial charge on any atom is 0.420 e. The molecule has 2 aliphatic heterocycles. The molecular formula is C50H58F4N8O8S2. The lowest BCUT2D eigenvalue weighted by molar-refractivity contribution is -0.144. The lowest BCUT2D eigenvalue weighted by Gasteiger charge is -2.35. The predicted octanol–water partition coefficient (Wildman–Crippen LogP) is 7.24. The number of benzene rings is 2. The van der Waals surface area contributed by atoms with Gasteiger partial charge in [0.15, 0.2) is 10.9 Å². The molecule has 16 nitrogen and oxygen atoms in total. The standard InChI is InChI=1S/C50H58F4N8O8S2/c1-30-42(72-29-58-30)32-13-11-31(12-14-32)25-57-44(65)37-23-35(63)27-60(37)45(66)43(48(2,3)4)59-38(64)28-69-21-10-20-68-19-8-7-9-22-70-39-18-16-34(26-56-39)62-47(71)61(46(67)49(62,5)6)36-17-15-33(24-55)40(41(36)51)50(52,53)54/h11-18,26,29,35,37,43,63H,7-10,19-23,25,27-28H2,1-6H3,(H,57,65)(H,59,64)/t35-,37+,43-/m1/s1. The normalized spacial score (nSPS) is 17.3. The molecule has 3 N–H and O–H groups in total. The van der Waals surface area contributed by atoms with Crippen LogP contribution in [0.3, 0.4) is 0 Å². The van der Waals surface area contributed by atoms with Gasteiger partial charge in [0.25, 0.3) is 5.91 Å². The van der Waals surface area contributed by atoms with Gasteiger partial charge in [-0.05, 0) is 93.4 Å². The number of β-amino-alcohol motifs (C(OH)–C–C–N with tert-alkyl or cyclic N) is 1. The van der Waals surface area contributed by atoms with Crippen molar-refractivity contribution < 1.29 is 56.1 Å². The van der Waals surface area contributed by atoms with E-state index in [1.807, 2.05) is 52.0 Å². The van der Waals surface area contributed by atoms with Crippen molar-refractivity contribution in [3.63, 3.8) is 0 Å². The van der Waals surface area contributed by atoms with Crippen molar-refractivity contribution in [2.24, 2.45) is 5.41 Å². The number of aromatic nitrogens is 2. The number of halogens is 4. The molecule has 2 saturated heterocycles. The number of alkyl halides is 3. The van der Waals surface area contributed by atoms with Gasteiger partial charge < -0.3 is 39.8 Å². The summed E-state index contributed by atoms with van der Waals surface area (Å²) in [5, 5.41) is 25.1. The van der Waals surface area contributed by atoms with Crippen LogP contribution < -0.4 is 25.2 Å². The lowest BCUT2D eigenvalue weighted by Crippen LogP contribution is -2.58. The number of aliphatic hydroxyl groups excluding tert-OH is 1. The summed E-state index contributed by atoms with van der Waals surface area (Å²) in [5.74, 6) is -3.64. The van der Waals surface area contributed by atoms with Crippen LogP contribution in [0.15, 0.2) is 60.2 Å². The number of nitriles is 1. The summed E-state index contributed by atoms with van der Waals surface area (Å²) in [6.45, 7) is 11.7. The molecular weight excluding hydrogens is 981 g/mol. The van der Waals surface area contributed by atoms with Gasteiger partial charge in [0.05, 0.1) is 58.0 Å². The molecule has 0 spiro atoms. The molecule has 0 radical (unpaired) electrons. The number of rotatable bonds is 21. The van der Waals surface area contributed by atoms with E-state index in [-0.39, 0.29) is 43.7 Å². The summed E-state index contributed by atoms with van der Waals surface area (Å²) in [5.41, 5.74) is -0.622. The second kappa shape index (κ2) is 23.6. The number of pyridine rings is 1. The summed E-state index contributed by atoms with van der Waals surface area (Å²) in [7, 11) is 0. The number of aliphatic hydroxyl groups is 1. The maximum absolute atomic E-state index is 15.3. The van der Waals surface area contributed by atoms with E-state index < -0.39 is 81.6 Å². The molecule has 0 bridgehead atoms. The number of nitrogens with one attached hydrogen (secondary N) is 2. The Morgan fingerprint density at radius 2 is 1.68 bits per heavy atom. The zero-order chi connectivity index (χ0) is 52.5. The fraction of sp³-hybridized carbons (Fsp3) is 0.480. The zero-order valence-electron chi connectivity index (χ0n) is 40.8. The van der Waals surface area contributed by atoms with Crippen molar-refractivity contribution in [2.75, 3.05) is 49.4 Å². The third-order valence-electron chi connectivity index (χ3n) is 12.1. The van der Waals surface area contributed by atoms with Crippen LogP contribution in [0.2, 0.25) is 0 Å². The summed E-state index contributed by atoms with van der Waals surface area (Å²) in [6, 6.07) is 12.1. The number of unbranched alkanes of at least 4 members (excludes halogenated alkanes) is 2. The summed E-state index contributed by atoms with van der Waals surface area (Å²) < 4.78 is 73.5. The van der Waals surface area contributed by atoms with Crippen molar-refractivity contribution >= 4 is 63.7 Å². The molecule has 2 aliphatic rings. The Morgan fingerprint density at radius 3 is 2.32 bits per heavy atom. The molecule has 4 heterocycles. The zero-order valence-corrected chi connectivity index (χ0v) is 42.4. The molecule has 4 aromatic rings. The van der Waals surface area contributed by atoms with E-state index in [1.54, 1.807) is 29.0 Å². The maximum atomic E-state index is 15.3. The number of hydrogen-bond acceptors (Lipinski definition) is 13. The van der Waals surface area contributed by atoms with Crippen molar-refractivity contribution in [1.29, 1.82) is 5.26 Å². The van der Waals surface area contributed by atoms with Gasteiger partial charge in [-0.15, -0.1) is 11.3 Å². The number of thiocarbonyl (C=S) groups is 1. The first-order valence-corrected chi connectivity index (χ1v) is 24.6. The number of carbonyl (C=O) groups excluding carboxylic acids is 4. The van der Waals surface area contributed by atoms with Crippen molar-refractivity contribution in [3.05, 3.63) is 88.4 Å². The van der Waals surface area contributed by atoms with Gasteiger partial charge in [0.2, 0.25) is 23.6 Å². The average Bonchev–Trinajstić information content (AvgIpc) is 3.99. The van der Waals surface area contributed by atoms with E-state index in [4.69, 9.17) is 31.7 Å². The molecule has 0 saturated carbocycles. The summed E-state index contributed by atoms with van der Waals surface area (Å²) in [4.78, 5) is 66.9. The highest BCUT2D eigenvalue weighted by atomic mass is 32.1. The lowest BCUT2D eigenvalue weighted by atomic mass is 9.85. The fourth-order valence-electron chi connectivity index (χ4n) is 8.31. The minimum Gasteiger partial charge on any atom is -0.478 e. The van der Waals surface area contributed by atoms with Gasteiger partial charge in [-0.1, -0.05) is 45.0 Å². The molecule has 22 heteroatoms. The van der Waals surface area contributed by atoms with Gasteiger partial charge in [-0.3, -0.25) is 24.1 Å². The van der Waals surface area contributed by atoms with Crippen molar-refractivity contribution in [3.8, 4) is 22.4 Å². The van der Waals surface area contributed by atoms with E-state index in [0.717, 1.165) is 46.7 Å². The molecule has 6 rings (SSSR count). The molecule has 3 atom stereocenters. The molecule has 2 fully saturated rings. The smallest absolute Gasteiger partial charge is 0.420 e. The fourth-order valence-corrected chi connectivity index (χ4v) is 9.64. The number of ether oxygens (including phenoxy) is 3. The highest BCUT2D eigenvalue weighted by Crippen LogP contribution is 2.42. The minimum atomic E-state index is -5.19. The van der Waals surface area contributed by atoms with Crippen molar-refractivity contribution in [2.45, 2.75) is 110 Å². The third-order valence-corrected chi connectivity index (χ3v) is 13.5. The second-order valence-electron chi connectivity index (χ2n) is 19.0. The first kappa shape index (κ1) is 55.2. The van der Waals surface area contributed by atoms with Crippen LogP contribution >= 0.6 is 23.6 Å². The van der Waals surface area contributed by atoms with Crippen LogP contribution in [0.4, 0.5) is 28.9 Å². The highest BCUT2D eigenvalue weighted by molar-refractivity contribution is 7.81. The number of nitrogens with zero attached hydrogens (tertiary/aromatic N) is 6. The Labute approximate surface area is 424 Å². The van der Waals surface area contributed by atoms with Gasteiger partial charge in [0, 0.05) is 45.4 Å². The molecule has 2 aromatic carbocycles. The molecule has 72 heavy (non-hydrogen) atoms. The third kappa shape index (κ3) is 13.1. The van der Waals surface area contributed by atoms with E-state index >= 15 is 4.39 Å². The largest absolute Gasteiger partial charge is 0.478 e. The summed E-state index contributed by atoms with van der Waals surface area (Å²) >= 11 is 7.04. The van der Waals surface area contributed by atoms with Crippen LogP contribution in [0.1, 0.15) is 89.1 Å². The van der Waals surface area contributed by atoms with Crippen LogP contribution in [0, 0.1) is 29.5 Å². The number of anilines is 2. The highest BCUT2D eigenvalue weighted by Gasteiger charge is 2.52. The van der Waals surface area contributed by atoms with Crippen LogP contribution in [0.5, 0.6) is 5.88 Å². The van der Waals surface area contributed by atoms with E-state index in [0.29, 0.717) is 43.2 Å². The first-order chi connectivity index (χ1) is 34.0. The predicted molar refractivity (Wildman–Crippen MR) is 264 cm³/mol. The number of amides is 4. The number of likely N-dealkylation sites (tertiary alicyclic amines) is 1. The van der Waals surface area contributed by atoms with E-state index in [9.17, 15) is 37.5 Å². The second-order valence-corrected chi connectivity index (χ2v) is 20.2.